The van der Waals surface area contributed by atoms with Crippen LogP contribution in [0.25, 0.3) is 0 Å². The van der Waals surface area contributed by atoms with Gasteiger partial charge in [-0.3, -0.25) is 19.6 Å². The van der Waals surface area contributed by atoms with Crippen LogP contribution in [-0.4, -0.2) is 86.0 Å². The molecule has 0 fully saturated rings. The number of aromatic hydroxyl groups is 2. The molecule has 12 heteroatoms. The van der Waals surface area contributed by atoms with E-state index < -0.39 is 0 Å². The van der Waals surface area contributed by atoms with Crippen LogP contribution in [0.5, 0.6) is 11.8 Å². The van der Waals surface area contributed by atoms with Crippen LogP contribution < -0.4 is 16.6 Å². The lowest BCUT2D eigenvalue weighted by molar-refractivity contribution is -0.122. The molecule has 1 aromatic heterocycles. The Bertz CT molecular complexity index is 592. The van der Waals surface area contributed by atoms with Gasteiger partial charge in [0, 0.05) is 31.6 Å². The average molecular weight is 432 g/mol. The molecule has 2 amide bonds. The van der Waals surface area contributed by atoms with E-state index in [1.54, 1.807) is 0 Å². The number of hydrogen-bond donors (Lipinski definition) is 5. The second kappa shape index (κ2) is 16.4. The summed E-state index contributed by atoms with van der Waals surface area (Å²) in [6, 6.07) is 2.72. The van der Waals surface area contributed by atoms with Crippen molar-refractivity contribution < 1.29 is 38.7 Å². The van der Waals surface area contributed by atoms with Gasteiger partial charge in [0.05, 0.1) is 59.3 Å². The summed E-state index contributed by atoms with van der Waals surface area (Å²) in [5.74, 6) is 4.29. The Balaban J connectivity index is 1.81. The first-order valence-corrected chi connectivity index (χ1v) is 9.69. The number of amides is 2. The zero-order valence-electron chi connectivity index (χ0n) is 17.0. The predicted octanol–water partition coefficient (Wildman–Crippen LogP) is -1.15. The third kappa shape index (κ3) is 12.2. The molecule has 6 N–H and O–H groups in total. The van der Waals surface area contributed by atoms with E-state index in [-0.39, 0.29) is 43.0 Å². The van der Waals surface area contributed by atoms with Gasteiger partial charge < -0.3 is 34.5 Å². The van der Waals surface area contributed by atoms with E-state index in [0.717, 1.165) is 0 Å². The van der Waals surface area contributed by atoms with Crippen LogP contribution in [0.4, 0.5) is 0 Å². The zero-order chi connectivity index (χ0) is 22.0. The molecule has 0 spiro atoms. The maximum Gasteiger partial charge on any atom is 0.236 e. The fourth-order valence-corrected chi connectivity index (χ4v) is 2.24. The molecule has 30 heavy (non-hydrogen) atoms. The lowest BCUT2D eigenvalue weighted by Crippen LogP contribution is -2.30. The summed E-state index contributed by atoms with van der Waals surface area (Å²) < 4.78 is 22.4. The fourth-order valence-electron chi connectivity index (χ4n) is 2.24. The van der Waals surface area contributed by atoms with Crippen molar-refractivity contribution >= 4 is 11.8 Å². The van der Waals surface area contributed by atoms with Crippen LogP contribution in [0, 0.1) is 0 Å². The van der Waals surface area contributed by atoms with Gasteiger partial charge in [-0.05, 0) is 0 Å². The Morgan fingerprint density at radius 1 is 0.800 bits per heavy atom. The SMILES string of the molecule is NNC(=O)CCOCCOCCOCCOCCNC(=O)CCn1c(O)ccc1O. The molecule has 0 aromatic carbocycles. The van der Waals surface area contributed by atoms with Gasteiger partial charge in [0.25, 0.3) is 0 Å². The van der Waals surface area contributed by atoms with Crippen molar-refractivity contribution in [3.05, 3.63) is 12.1 Å². The van der Waals surface area contributed by atoms with E-state index in [0.29, 0.717) is 59.4 Å². The molecule has 172 valence electrons. The molecule has 0 unspecified atom stereocenters. The molecule has 1 aromatic rings. The van der Waals surface area contributed by atoms with E-state index in [1.807, 2.05) is 5.43 Å². The third-order valence-electron chi connectivity index (χ3n) is 3.82. The Morgan fingerprint density at radius 2 is 1.30 bits per heavy atom. The molecular formula is C18H32N4O8. The first kappa shape index (κ1) is 25.7. The zero-order valence-corrected chi connectivity index (χ0v) is 17.0. The van der Waals surface area contributed by atoms with Crippen LogP contribution in [0.15, 0.2) is 12.1 Å². The van der Waals surface area contributed by atoms with Crippen LogP contribution in [0.3, 0.4) is 0 Å². The molecule has 0 bridgehead atoms. The van der Waals surface area contributed by atoms with E-state index in [2.05, 4.69) is 5.32 Å². The van der Waals surface area contributed by atoms with Gasteiger partial charge in [-0.15, -0.1) is 0 Å². The van der Waals surface area contributed by atoms with E-state index in [9.17, 15) is 19.8 Å². The van der Waals surface area contributed by atoms with Gasteiger partial charge in [0.1, 0.15) is 0 Å². The number of aromatic nitrogens is 1. The molecule has 1 rings (SSSR count). The molecule has 0 aliphatic carbocycles. The van der Waals surface area contributed by atoms with Crippen molar-refractivity contribution in [1.29, 1.82) is 0 Å². The van der Waals surface area contributed by atoms with Crippen LogP contribution >= 0.6 is 0 Å². The molecule has 0 aliphatic rings. The van der Waals surface area contributed by atoms with Gasteiger partial charge in [0.2, 0.25) is 11.8 Å². The smallest absolute Gasteiger partial charge is 0.236 e. The maximum atomic E-state index is 11.7. The second-order valence-electron chi connectivity index (χ2n) is 6.07. The molecule has 12 nitrogen and oxygen atoms in total. The standard InChI is InChI=1S/C18H32N4O8/c19-21-16(24)4-7-27-9-11-29-13-14-30-12-10-28-8-5-20-15(23)3-6-22-17(25)1-2-18(22)26/h1-2,25-26H,3-14,19H2,(H,20,23)(H,21,24). The summed E-state index contributed by atoms with van der Waals surface area (Å²) in [7, 11) is 0. The largest absolute Gasteiger partial charge is 0.494 e. The minimum Gasteiger partial charge on any atom is -0.494 e. The Morgan fingerprint density at radius 3 is 1.83 bits per heavy atom. The number of nitrogens with two attached hydrogens (primary N) is 1. The molecule has 0 aliphatic heterocycles. The minimum atomic E-state index is -0.274. The van der Waals surface area contributed by atoms with Gasteiger partial charge in [0.15, 0.2) is 11.8 Å². The summed E-state index contributed by atoms with van der Waals surface area (Å²) in [4.78, 5) is 22.5. The highest BCUT2D eigenvalue weighted by molar-refractivity contribution is 5.75. The Labute approximate surface area is 175 Å². The van der Waals surface area contributed by atoms with Gasteiger partial charge in [-0.25, -0.2) is 5.84 Å². The number of nitrogens with zero attached hydrogens (tertiary/aromatic N) is 1. The number of hydrogen-bond acceptors (Lipinski definition) is 9. The second-order valence-corrected chi connectivity index (χ2v) is 6.07. The summed E-state index contributed by atoms with van der Waals surface area (Å²) in [5, 5.41) is 21.7. The van der Waals surface area contributed by atoms with E-state index in [1.165, 1.54) is 16.7 Å². The van der Waals surface area contributed by atoms with Gasteiger partial charge >= 0.3 is 0 Å². The van der Waals surface area contributed by atoms with Crippen molar-refractivity contribution in [3.8, 4) is 11.8 Å². The average Bonchev–Trinajstić information content (AvgIpc) is 3.06. The predicted molar refractivity (Wildman–Crippen MR) is 106 cm³/mol. The number of carbonyl (C=O) groups excluding carboxylic acids is 2. The summed E-state index contributed by atoms with van der Waals surface area (Å²) in [6.45, 7) is 3.65. The summed E-state index contributed by atoms with van der Waals surface area (Å²) in [5.41, 5.74) is 2.02. The monoisotopic (exact) mass is 432 g/mol. The Hall–Kier alpha value is -2.38. The summed E-state index contributed by atoms with van der Waals surface area (Å²) in [6.07, 6.45) is 0.346. The minimum absolute atomic E-state index is 0.0869. The van der Waals surface area contributed by atoms with Crippen molar-refractivity contribution in [2.75, 3.05) is 59.4 Å². The molecular weight excluding hydrogens is 400 g/mol. The number of rotatable bonds is 18. The molecule has 0 saturated carbocycles. The molecule has 0 radical (unpaired) electrons. The number of nitrogens with one attached hydrogen (secondary N) is 2. The first-order chi connectivity index (χ1) is 14.5. The molecule has 1 heterocycles. The van der Waals surface area contributed by atoms with Crippen molar-refractivity contribution in [2.24, 2.45) is 5.84 Å². The number of ether oxygens (including phenoxy) is 4. The molecule has 0 saturated heterocycles. The fraction of sp³-hybridized carbons (Fsp3) is 0.667. The highest BCUT2D eigenvalue weighted by atomic mass is 16.6. The van der Waals surface area contributed by atoms with Crippen molar-refractivity contribution in [3.63, 3.8) is 0 Å². The van der Waals surface area contributed by atoms with E-state index in [4.69, 9.17) is 24.8 Å². The van der Waals surface area contributed by atoms with Crippen LogP contribution in [-0.2, 0) is 35.1 Å². The topological polar surface area (TPSA) is 167 Å². The maximum absolute atomic E-state index is 11.7. The lowest BCUT2D eigenvalue weighted by Gasteiger charge is -2.09. The van der Waals surface area contributed by atoms with Crippen molar-refractivity contribution in [2.45, 2.75) is 19.4 Å². The lowest BCUT2D eigenvalue weighted by atomic mass is 10.4. The van der Waals surface area contributed by atoms with Gasteiger partial charge in [-0.2, -0.15) is 0 Å². The molecule has 0 atom stereocenters. The first-order valence-electron chi connectivity index (χ1n) is 9.69. The highest BCUT2D eigenvalue weighted by Gasteiger charge is 2.08. The quantitative estimate of drug-likeness (QED) is 0.0833. The van der Waals surface area contributed by atoms with E-state index >= 15 is 0 Å². The number of carbonyl (C=O) groups is 2. The van der Waals surface area contributed by atoms with Crippen LogP contribution in [0.2, 0.25) is 0 Å². The summed E-state index contributed by atoms with van der Waals surface area (Å²) >= 11 is 0. The third-order valence-corrected chi connectivity index (χ3v) is 3.82. The Kier molecular flexibility index (Phi) is 14.0. The van der Waals surface area contributed by atoms with Crippen LogP contribution in [0.1, 0.15) is 12.8 Å². The number of hydrazine groups is 1. The highest BCUT2D eigenvalue weighted by Crippen LogP contribution is 2.20. The van der Waals surface area contributed by atoms with Crippen molar-refractivity contribution in [1.82, 2.24) is 15.3 Å². The normalized spacial score (nSPS) is 10.8. The van der Waals surface area contributed by atoms with Gasteiger partial charge in [-0.1, -0.05) is 0 Å².